The lowest BCUT2D eigenvalue weighted by Crippen LogP contribution is -1.88. The van der Waals surface area contributed by atoms with E-state index in [1.54, 1.807) is 18.4 Å². The number of methoxy groups -OCH3 is 1. The Kier molecular flexibility index (Phi) is 3.39. The molecule has 0 fully saturated rings. The van der Waals surface area contributed by atoms with Gasteiger partial charge in [0.15, 0.2) is 5.06 Å². The molecular weight excluding hydrogens is 304 g/mol. The quantitative estimate of drug-likeness (QED) is 0.528. The number of aromatic nitrogens is 2. The first kappa shape index (κ1) is 14.0. The Morgan fingerprint density at radius 2 is 1.87 bits per heavy atom. The summed E-state index contributed by atoms with van der Waals surface area (Å²) >= 11 is 1.64. The third kappa shape index (κ3) is 2.41. The van der Waals surface area contributed by atoms with Gasteiger partial charge in [-0.05, 0) is 36.8 Å². The van der Waals surface area contributed by atoms with E-state index in [1.807, 2.05) is 24.3 Å². The molecule has 0 N–H and O–H groups in total. The molecular formula is C19H16N2OS. The van der Waals surface area contributed by atoms with E-state index in [9.17, 15) is 0 Å². The number of imidazole rings is 1. The summed E-state index contributed by atoms with van der Waals surface area (Å²) in [5.74, 6) is 0. The van der Waals surface area contributed by atoms with E-state index < -0.39 is 0 Å². The number of hydrogen-bond donors (Lipinski definition) is 0. The van der Waals surface area contributed by atoms with Crippen LogP contribution >= 0.6 is 11.3 Å². The number of rotatable bonds is 3. The number of benzene rings is 1. The monoisotopic (exact) mass is 320 g/mol. The highest BCUT2D eigenvalue weighted by atomic mass is 32.1. The zero-order valence-electron chi connectivity index (χ0n) is 13.0. The van der Waals surface area contributed by atoms with Gasteiger partial charge in [-0.2, -0.15) is 0 Å². The Hall–Kier alpha value is -2.59. The fourth-order valence-electron chi connectivity index (χ4n) is 2.74. The van der Waals surface area contributed by atoms with Crippen molar-refractivity contribution in [1.29, 1.82) is 0 Å². The molecule has 3 aromatic heterocycles. The predicted octanol–water partition coefficient (Wildman–Crippen LogP) is 5.05. The van der Waals surface area contributed by atoms with Crippen LogP contribution in [0.3, 0.4) is 0 Å². The average Bonchev–Trinajstić information content (AvgIpc) is 3.18. The largest absolute Gasteiger partial charge is 0.487 e. The molecule has 3 nitrogen and oxygen atoms in total. The SMILES string of the molecule is COc1ccc(-c2c(-c3ccccc3)nc3cc(C)ccn23)s1. The maximum absolute atomic E-state index is 5.36. The summed E-state index contributed by atoms with van der Waals surface area (Å²) in [7, 11) is 1.70. The highest BCUT2D eigenvalue weighted by Gasteiger charge is 2.17. The molecule has 0 spiro atoms. The van der Waals surface area contributed by atoms with E-state index >= 15 is 0 Å². The second-order valence-corrected chi connectivity index (χ2v) is 6.48. The van der Waals surface area contributed by atoms with Gasteiger partial charge in [-0.3, -0.25) is 4.40 Å². The van der Waals surface area contributed by atoms with E-state index in [-0.39, 0.29) is 0 Å². The molecule has 0 aliphatic heterocycles. The van der Waals surface area contributed by atoms with E-state index in [2.05, 4.69) is 47.9 Å². The van der Waals surface area contributed by atoms with Crippen molar-refractivity contribution in [1.82, 2.24) is 9.38 Å². The van der Waals surface area contributed by atoms with Crippen LogP contribution in [0.15, 0.2) is 60.8 Å². The molecule has 23 heavy (non-hydrogen) atoms. The second kappa shape index (κ2) is 5.56. The first-order chi connectivity index (χ1) is 11.3. The molecule has 0 aliphatic rings. The molecule has 0 bridgehead atoms. The molecule has 3 heterocycles. The number of ether oxygens (including phenoxy) is 1. The van der Waals surface area contributed by atoms with Crippen molar-refractivity contribution in [3.8, 4) is 26.9 Å². The Bertz CT molecular complexity index is 970. The Morgan fingerprint density at radius 1 is 1.04 bits per heavy atom. The molecule has 0 saturated carbocycles. The van der Waals surface area contributed by atoms with Crippen LogP contribution in [0.25, 0.3) is 27.5 Å². The van der Waals surface area contributed by atoms with Crippen LogP contribution in [-0.4, -0.2) is 16.5 Å². The molecule has 0 unspecified atom stereocenters. The van der Waals surface area contributed by atoms with Crippen molar-refractivity contribution < 1.29 is 4.74 Å². The third-order valence-corrected chi connectivity index (χ3v) is 4.90. The molecule has 4 aromatic rings. The van der Waals surface area contributed by atoms with Gasteiger partial charge < -0.3 is 4.74 Å². The number of fused-ring (bicyclic) bond motifs is 1. The van der Waals surface area contributed by atoms with E-state index in [4.69, 9.17) is 9.72 Å². The lowest BCUT2D eigenvalue weighted by atomic mass is 10.1. The van der Waals surface area contributed by atoms with E-state index in [1.165, 1.54) is 5.56 Å². The predicted molar refractivity (Wildman–Crippen MR) is 95.2 cm³/mol. The van der Waals surface area contributed by atoms with E-state index in [0.717, 1.165) is 32.5 Å². The van der Waals surface area contributed by atoms with Gasteiger partial charge in [-0.15, -0.1) is 0 Å². The van der Waals surface area contributed by atoms with Gasteiger partial charge in [0.25, 0.3) is 0 Å². The van der Waals surface area contributed by atoms with Crippen molar-refractivity contribution in [2.24, 2.45) is 0 Å². The summed E-state index contributed by atoms with van der Waals surface area (Å²) in [6.45, 7) is 2.09. The van der Waals surface area contributed by atoms with Crippen LogP contribution in [0.4, 0.5) is 0 Å². The van der Waals surface area contributed by atoms with Gasteiger partial charge in [0.2, 0.25) is 0 Å². The number of nitrogens with zero attached hydrogens (tertiary/aromatic N) is 2. The number of thiophene rings is 1. The van der Waals surface area contributed by atoms with E-state index in [0.29, 0.717) is 0 Å². The maximum atomic E-state index is 5.36. The van der Waals surface area contributed by atoms with Gasteiger partial charge >= 0.3 is 0 Å². The van der Waals surface area contributed by atoms with Crippen molar-refractivity contribution in [2.45, 2.75) is 6.92 Å². The number of aryl methyl sites for hydroxylation is 1. The van der Waals surface area contributed by atoms with Gasteiger partial charge in [-0.1, -0.05) is 41.7 Å². The minimum absolute atomic E-state index is 0.904. The summed E-state index contributed by atoms with van der Waals surface area (Å²) in [4.78, 5) is 6.03. The van der Waals surface area contributed by atoms with Crippen LogP contribution in [0.2, 0.25) is 0 Å². The molecule has 0 aliphatic carbocycles. The maximum Gasteiger partial charge on any atom is 0.173 e. The Labute approximate surface area is 138 Å². The third-order valence-electron chi connectivity index (χ3n) is 3.84. The Morgan fingerprint density at radius 3 is 2.61 bits per heavy atom. The summed E-state index contributed by atoms with van der Waals surface area (Å²) in [6, 6.07) is 18.6. The first-order valence-corrected chi connectivity index (χ1v) is 8.26. The molecule has 4 heteroatoms. The summed E-state index contributed by atoms with van der Waals surface area (Å²) in [5, 5.41) is 0.904. The highest BCUT2D eigenvalue weighted by Crippen LogP contribution is 2.38. The molecule has 0 saturated heterocycles. The van der Waals surface area contributed by atoms with Gasteiger partial charge in [0.05, 0.1) is 23.4 Å². The molecule has 0 radical (unpaired) electrons. The molecule has 0 atom stereocenters. The minimum atomic E-state index is 0.904. The average molecular weight is 320 g/mol. The Balaban J connectivity index is 2.02. The van der Waals surface area contributed by atoms with Crippen molar-refractivity contribution in [2.75, 3.05) is 7.11 Å². The summed E-state index contributed by atoms with van der Waals surface area (Å²) < 4.78 is 7.51. The standard InChI is InChI=1S/C19H16N2OS/c1-13-10-11-21-16(12-13)20-18(14-6-4-3-5-7-14)19(21)15-8-9-17(22-2)23-15/h3-12H,1-2H3. The van der Waals surface area contributed by atoms with Crippen molar-refractivity contribution in [3.63, 3.8) is 0 Å². The van der Waals surface area contributed by atoms with Crippen molar-refractivity contribution in [3.05, 3.63) is 66.4 Å². The van der Waals surface area contributed by atoms with Crippen LogP contribution in [0.1, 0.15) is 5.56 Å². The topological polar surface area (TPSA) is 26.5 Å². The fourth-order valence-corrected chi connectivity index (χ4v) is 3.60. The molecule has 1 aromatic carbocycles. The van der Waals surface area contributed by atoms with Crippen LogP contribution in [0.5, 0.6) is 5.06 Å². The second-order valence-electron chi connectivity index (χ2n) is 5.43. The van der Waals surface area contributed by atoms with Gasteiger partial charge in [0.1, 0.15) is 5.65 Å². The summed E-state index contributed by atoms with van der Waals surface area (Å²) in [6.07, 6.45) is 2.09. The zero-order chi connectivity index (χ0) is 15.8. The molecule has 0 amide bonds. The van der Waals surface area contributed by atoms with Crippen LogP contribution < -0.4 is 4.74 Å². The molecule has 4 rings (SSSR count). The first-order valence-electron chi connectivity index (χ1n) is 7.44. The van der Waals surface area contributed by atoms with Crippen LogP contribution in [0, 0.1) is 6.92 Å². The smallest absolute Gasteiger partial charge is 0.173 e. The normalized spacial score (nSPS) is 11.0. The number of pyridine rings is 1. The highest BCUT2D eigenvalue weighted by molar-refractivity contribution is 7.17. The summed E-state index contributed by atoms with van der Waals surface area (Å²) in [5.41, 5.74) is 5.40. The number of hydrogen-bond acceptors (Lipinski definition) is 3. The van der Waals surface area contributed by atoms with Gasteiger partial charge in [-0.25, -0.2) is 4.98 Å². The zero-order valence-corrected chi connectivity index (χ0v) is 13.8. The van der Waals surface area contributed by atoms with Crippen molar-refractivity contribution >= 4 is 17.0 Å². The lowest BCUT2D eigenvalue weighted by Gasteiger charge is -2.03. The lowest BCUT2D eigenvalue weighted by molar-refractivity contribution is 0.427. The van der Waals surface area contributed by atoms with Gasteiger partial charge in [0, 0.05) is 11.8 Å². The minimum Gasteiger partial charge on any atom is -0.487 e. The molecule has 114 valence electrons. The fraction of sp³-hybridized carbons (Fsp3) is 0.105. The van der Waals surface area contributed by atoms with Crippen LogP contribution in [-0.2, 0) is 0 Å².